The van der Waals surface area contributed by atoms with E-state index in [4.69, 9.17) is 0 Å². The van der Waals surface area contributed by atoms with Crippen LogP contribution in [-0.4, -0.2) is 19.1 Å². The summed E-state index contributed by atoms with van der Waals surface area (Å²) in [5.41, 5.74) is 4.69. The lowest BCUT2D eigenvalue weighted by Crippen LogP contribution is -2.08. The number of hydrogen-bond acceptors (Lipinski definition) is 2. The SMILES string of the molecule is Cc1ccc(N(C)C)cc1-c1ccccn1. The molecule has 0 saturated heterocycles. The van der Waals surface area contributed by atoms with Gasteiger partial charge in [0, 0.05) is 31.5 Å². The fourth-order valence-corrected chi connectivity index (χ4v) is 1.69. The standard InChI is InChI=1S/C14H16N2/c1-11-7-8-12(16(2)3)10-13(11)14-6-4-5-9-15-14/h4-10H,1-3H3. The number of rotatable bonds is 2. The predicted molar refractivity (Wildman–Crippen MR) is 68.7 cm³/mol. The number of benzene rings is 1. The monoisotopic (exact) mass is 212 g/mol. The van der Waals surface area contributed by atoms with E-state index in [-0.39, 0.29) is 0 Å². The first kappa shape index (κ1) is 10.7. The molecule has 1 aromatic carbocycles. The highest BCUT2D eigenvalue weighted by Crippen LogP contribution is 2.25. The van der Waals surface area contributed by atoms with Crippen LogP contribution in [-0.2, 0) is 0 Å². The van der Waals surface area contributed by atoms with Gasteiger partial charge in [0.1, 0.15) is 0 Å². The Morgan fingerprint density at radius 3 is 2.50 bits per heavy atom. The number of aromatic nitrogens is 1. The summed E-state index contributed by atoms with van der Waals surface area (Å²) in [6.45, 7) is 2.11. The van der Waals surface area contributed by atoms with Gasteiger partial charge in [0.2, 0.25) is 0 Å². The van der Waals surface area contributed by atoms with Crippen molar-refractivity contribution in [2.45, 2.75) is 6.92 Å². The van der Waals surface area contributed by atoms with Crippen molar-refractivity contribution in [3.05, 3.63) is 48.2 Å². The zero-order chi connectivity index (χ0) is 11.5. The Kier molecular flexibility index (Phi) is 2.91. The molecule has 1 aromatic heterocycles. The molecule has 2 rings (SSSR count). The third-order valence-corrected chi connectivity index (χ3v) is 2.68. The maximum absolute atomic E-state index is 4.39. The van der Waals surface area contributed by atoms with Gasteiger partial charge in [-0.2, -0.15) is 0 Å². The van der Waals surface area contributed by atoms with Crippen LogP contribution in [0.25, 0.3) is 11.3 Å². The van der Waals surface area contributed by atoms with Crippen molar-refractivity contribution in [3.8, 4) is 11.3 Å². The molecule has 2 heteroatoms. The fraction of sp³-hybridized carbons (Fsp3) is 0.214. The summed E-state index contributed by atoms with van der Waals surface area (Å²) in [6.07, 6.45) is 1.83. The van der Waals surface area contributed by atoms with E-state index < -0.39 is 0 Å². The molecular weight excluding hydrogens is 196 g/mol. The second-order valence-corrected chi connectivity index (χ2v) is 4.11. The molecule has 1 heterocycles. The first-order chi connectivity index (χ1) is 7.68. The first-order valence-electron chi connectivity index (χ1n) is 5.38. The molecule has 2 nitrogen and oxygen atoms in total. The molecule has 2 aromatic rings. The van der Waals surface area contributed by atoms with Crippen molar-refractivity contribution in [1.82, 2.24) is 4.98 Å². The van der Waals surface area contributed by atoms with E-state index in [1.165, 1.54) is 16.8 Å². The van der Waals surface area contributed by atoms with Gasteiger partial charge in [0.25, 0.3) is 0 Å². The van der Waals surface area contributed by atoms with E-state index in [1.807, 2.05) is 38.5 Å². The molecule has 0 aliphatic heterocycles. The second-order valence-electron chi connectivity index (χ2n) is 4.11. The molecule has 0 aliphatic carbocycles. The van der Waals surface area contributed by atoms with E-state index in [0.717, 1.165) is 5.69 Å². The van der Waals surface area contributed by atoms with Gasteiger partial charge in [-0.3, -0.25) is 4.98 Å². The molecule has 0 amide bonds. The summed E-state index contributed by atoms with van der Waals surface area (Å²) >= 11 is 0. The third-order valence-electron chi connectivity index (χ3n) is 2.68. The quantitative estimate of drug-likeness (QED) is 0.760. The van der Waals surface area contributed by atoms with Crippen molar-refractivity contribution >= 4 is 5.69 Å². The predicted octanol–water partition coefficient (Wildman–Crippen LogP) is 3.12. The molecule has 82 valence electrons. The lowest BCUT2D eigenvalue weighted by Gasteiger charge is -2.15. The number of aryl methyl sites for hydroxylation is 1. The number of nitrogens with zero attached hydrogens (tertiary/aromatic N) is 2. The highest BCUT2D eigenvalue weighted by atomic mass is 15.1. The summed E-state index contributed by atoms with van der Waals surface area (Å²) in [6, 6.07) is 12.4. The van der Waals surface area contributed by atoms with E-state index in [9.17, 15) is 0 Å². The molecule has 0 spiro atoms. The normalized spacial score (nSPS) is 10.2. The highest BCUT2D eigenvalue weighted by Gasteiger charge is 2.04. The Morgan fingerprint density at radius 2 is 1.88 bits per heavy atom. The van der Waals surface area contributed by atoms with Gasteiger partial charge < -0.3 is 4.90 Å². The van der Waals surface area contributed by atoms with Crippen LogP contribution in [0.2, 0.25) is 0 Å². The van der Waals surface area contributed by atoms with Gasteiger partial charge >= 0.3 is 0 Å². The summed E-state index contributed by atoms with van der Waals surface area (Å²) in [5, 5.41) is 0. The summed E-state index contributed by atoms with van der Waals surface area (Å²) in [4.78, 5) is 6.49. The van der Waals surface area contributed by atoms with Crippen LogP contribution in [0.15, 0.2) is 42.6 Å². The van der Waals surface area contributed by atoms with Gasteiger partial charge in [0.05, 0.1) is 5.69 Å². The van der Waals surface area contributed by atoms with Crippen molar-refractivity contribution < 1.29 is 0 Å². The topological polar surface area (TPSA) is 16.1 Å². The van der Waals surface area contributed by atoms with Crippen molar-refractivity contribution in [3.63, 3.8) is 0 Å². The summed E-state index contributed by atoms with van der Waals surface area (Å²) in [5.74, 6) is 0. The molecule has 0 radical (unpaired) electrons. The van der Waals surface area contributed by atoms with Crippen molar-refractivity contribution in [2.24, 2.45) is 0 Å². The van der Waals surface area contributed by atoms with Crippen LogP contribution in [0, 0.1) is 6.92 Å². The molecular formula is C14H16N2. The van der Waals surface area contributed by atoms with E-state index >= 15 is 0 Å². The molecule has 0 aliphatic rings. The van der Waals surface area contributed by atoms with E-state index in [1.54, 1.807) is 0 Å². The molecule has 0 unspecified atom stereocenters. The van der Waals surface area contributed by atoms with E-state index in [2.05, 4.69) is 35.0 Å². The smallest absolute Gasteiger partial charge is 0.0705 e. The van der Waals surface area contributed by atoms with Gasteiger partial charge in [-0.25, -0.2) is 0 Å². The van der Waals surface area contributed by atoms with Crippen LogP contribution in [0.4, 0.5) is 5.69 Å². The Balaban J connectivity index is 2.52. The minimum absolute atomic E-state index is 1.03. The van der Waals surface area contributed by atoms with E-state index in [0.29, 0.717) is 0 Å². The lowest BCUT2D eigenvalue weighted by atomic mass is 10.0. The zero-order valence-corrected chi connectivity index (χ0v) is 9.94. The van der Waals surface area contributed by atoms with Crippen LogP contribution < -0.4 is 4.90 Å². The van der Waals surface area contributed by atoms with Gasteiger partial charge in [0.15, 0.2) is 0 Å². The Labute approximate surface area is 96.6 Å². The van der Waals surface area contributed by atoms with Gasteiger partial charge in [-0.1, -0.05) is 12.1 Å². The first-order valence-corrected chi connectivity index (χ1v) is 5.38. The zero-order valence-electron chi connectivity index (χ0n) is 9.94. The maximum atomic E-state index is 4.39. The lowest BCUT2D eigenvalue weighted by molar-refractivity contribution is 1.13. The molecule has 0 atom stereocenters. The van der Waals surface area contributed by atoms with Crippen LogP contribution >= 0.6 is 0 Å². The summed E-state index contributed by atoms with van der Waals surface area (Å²) in [7, 11) is 4.10. The highest BCUT2D eigenvalue weighted by molar-refractivity contribution is 5.68. The molecule has 0 N–H and O–H groups in total. The number of anilines is 1. The molecule has 0 fully saturated rings. The maximum Gasteiger partial charge on any atom is 0.0705 e. The van der Waals surface area contributed by atoms with Crippen LogP contribution in [0.1, 0.15) is 5.56 Å². The largest absolute Gasteiger partial charge is 0.378 e. The average molecular weight is 212 g/mol. The molecule has 16 heavy (non-hydrogen) atoms. The van der Waals surface area contributed by atoms with Gasteiger partial charge in [-0.05, 0) is 36.8 Å². The average Bonchev–Trinajstić information content (AvgIpc) is 2.30. The number of hydrogen-bond donors (Lipinski definition) is 0. The minimum Gasteiger partial charge on any atom is -0.378 e. The second kappa shape index (κ2) is 4.35. The van der Waals surface area contributed by atoms with Crippen LogP contribution in [0.5, 0.6) is 0 Å². The Morgan fingerprint density at radius 1 is 1.06 bits per heavy atom. The van der Waals surface area contributed by atoms with Gasteiger partial charge in [-0.15, -0.1) is 0 Å². The van der Waals surface area contributed by atoms with Crippen LogP contribution in [0.3, 0.4) is 0 Å². The van der Waals surface area contributed by atoms with Crippen molar-refractivity contribution in [2.75, 3.05) is 19.0 Å². The molecule has 0 saturated carbocycles. The molecule has 0 bridgehead atoms. The van der Waals surface area contributed by atoms with Crippen molar-refractivity contribution in [1.29, 1.82) is 0 Å². The minimum atomic E-state index is 1.03. The Hall–Kier alpha value is -1.83. The number of pyridine rings is 1. The fourth-order valence-electron chi connectivity index (χ4n) is 1.69. The summed E-state index contributed by atoms with van der Waals surface area (Å²) < 4.78 is 0. The third kappa shape index (κ3) is 2.06. The Bertz CT molecular complexity index is 475.